The van der Waals surface area contributed by atoms with E-state index in [1.54, 1.807) is 13.3 Å². The zero-order valence-electron chi connectivity index (χ0n) is 8.53. The van der Waals surface area contributed by atoms with Crippen molar-refractivity contribution in [2.45, 2.75) is 6.42 Å². The molecule has 0 atom stereocenters. The first-order valence-electron chi connectivity index (χ1n) is 4.70. The summed E-state index contributed by atoms with van der Waals surface area (Å²) in [4.78, 5) is 0. The summed E-state index contributed by atoms with van der Waals surface area (Å²) in [6, 6.07) is 7.91. The third kappa shape index (κ3) is 2.10. The van der Waals surface area contributed by atoms with Gasteiger partial charge in [0.05, 0.1) is 13.3 Å². The predicted octanol–water partition coefficient (Wildman–Crippen LogP) is 1.59. The summed E-state index contributed by atoms with van der Waals surface area (Å²) in [7, 11) is 1.66. The fourth-order valence-electron chi connectivity index (χ4n) is 1.46. The van der Waals surface area contributed by atoms with E-state index >= 15 is 0 Å². The van der Waals surface area contributed by atoms with E-state index in [2.05, 4.69) is 10.2 Å². The Hall–Kier alpha value is -1.97. The largest absolute Gasteiger partial charge is 0.497 e. The molecule has 2 aromatic rings. The minimum absolute atomic E-state index is 0.623. The summed E-state index contributed by atoms with van der Waals surface area (Å²) in [6.45, 7) is 0. The van der Waals surface area contributed by atoms with E-state index in [4.69, 9.17) is 10.5 Å². The highest BCUT2D eigenvalue weighted by Crippen LogP contribution is 2.17. The maximum Gasteiger partial charge on any atom is 0.122 e. The van der Waals surface area contributed by atoms with Crippen LogP contribution in [-0.2, 0) is 6.42 Å². The number of anilines is 1. The minimum Gasteiger partial charge on any atom is -0.497 e. The zero-order valence-corrected chi connectivity index (χ0v) is 8.53. The van der Waals surface area contributed by atoms with Gasteiger partial charge in [0.25, 0.3) is 0 Å². The van der Waals surface area contributed by atoms with Gasteiger partial charge in [-0.2, -0.15) is 5.10 Å². The molecule has 4 heteroatoms. The molecule has 0 saturated heterocycles. The Kier molecular flexibility index (Phi) is 2.58. The Labute approximate surface area is 88.1 Å². The molecule has 0 amide bonds. The summed E-state index contributed by atoms with van der Waals surface area (Å²) in [6.07, 6.45) is 2.51. The van der Waals surface area contributed by atoms with Gasteiger partial charge in [-0.3, -0.25) is 5.10 Å². The van der Waals surface area contributed by atoms with Crippen LogP contribution in [0.3, 0.4) is 0 Å². The van der Waals surface area contributed by atoms with Gasteiger partial charge in [0.2, 0.25) is 0 Å². The molecule has 0 aliphatic carbocycles. The fourth-order valence-corrected chi connectivity index (χ4v) is 1.46. The van der Waals surface area contributed by atoms with Gasteiger partial charge in [-0.25, -0.2) is 0 Å². The van der Waals surface area contributed by atoms with Gasteiger partial charge >= 0.3 is 0 Å². The summed E-state index contributed by atoms with van der Waals surface area (Å²) >= 11 is 0. The molecule has 1 aromatic carbocycles. The van der Waals surface area contributed by atoms with Gasteiger partial charge in [0, 0.05) is 12.0 Å². The maximum atomic E-state index is 5.71. The molecule has 0 spiro atoms. The van der Waals surface area contributed by atoms with Crippen molar-refractivity contribution in [1.82, 2.24) is 10.2 Å². The van der Waals surface area contributed by atoms with Crippen LogP contribution < -0.4 is 10.5 Å². The average molecular weight is 203 g/mol. The molecular formula is C11H13N3O. The molecule has 15 heavy (non-hydrogen) atoms. The molecule has 0 aliphatic heterocycles. The van der Waals surface area contributed by atoms with Gasteiger partial charge in [0.1, 0.15) is 11.6 Å². The van der Waals surface area contributed by atoms with Gasteiger partial charge in [0.15, 0.2) is 0 Å². The maximum absolute atomic E-state index is 5.71. The number of nitrogen functional groups attached to an aromatic ring is 1. The highest BCUT2D eigenvalue weighted by atomic mass is 16.5. The lowest BCUT2D eigenvalue weighted by Gasteiger charge is -2.03. The molecule has 0 saturated carbocycles. The zero-order chi connectivity index (χ0) is 10.7. The van der Waals surface area contributed by atoms with Gasteiger partial charge in [-0.1, -0.05) is 12.1 Å². The molecule has 4 nitrogen and oxygen atoms in total. The number of nitrogens with one attached hydrogen (secondary N) is 1. The number of hydrogen-bond donors (Lipinski definition) is 2. The van der Waals surface area contributed by atoms with Crippen LogP contribution in [0.1, 0.15) is 11.1 Å². The number of methoxy groups -OCH3 is 1. The Morgan fingerprint density at radius 3 is 3.00 bits per heavy atom. The molecule has 2 rings (SSSR count). The molecule has 0 radical (unpaired) electrons. The monoisotopic (exact) mass is 203 g/mol. The van der Waals surface area contributed by atoms with Crippen molar-refractivity contribution < 1.29 is 4.74 Å². The number of H-pyrrole nitrogens is 1. The first-order chi connectivity index (χ1) is 7.29. The predicted molar refractivity (Wildman–Crippen MR) is 58.8 cm³/mol. The smallest absolute Gasteiger partial charge is 0.122 e. The molecule has 3 N–H and O–H groups in total. The highest BCUT2D eigenvalue weighted by Gasteiger charge is 2.03. The quantitative estimate of drug-likeness (QED) is 0.796. The normalized spacial score (nSPS) is 10.2. The lowest BCUT2D eigenvalue weighted by atomic mass is 10.1. The van der Waals surface area contributed by atoms with Crippen molar-refractivity contribution >= 4 is 5.82 Å². The van der Waals surface area contributed by atoms with E-state index in [0.29, 0.717) is 5.82 Å². The van der Waals surface area contributed by atoms with Crippen molar-refractivity contribution in [2.24, 2.45) is 0 Å². The van der Waals surface area contributed by atoms with Crippen LogP contribution in [0.4, 0.5) is 5.82 Å². The van der Waals surface area contributed by atoms with Crippen LogP contribution in [0.25, 0.3) is 0 Å². The van der Waals surface area contributed by atoms with E-state index in [-0.39, 0.29) is 0 Å². The fraction of sp³-hybridized carbons (Fsp3) is 0.182. The molecule has 1 aromatic heterocycles. The van der Waals surface area contributed by atoms with Crippen LogP contribution in [0, 0.1) is 0 Å². The number of aromatic amines is 1. The van der Waals surface area contributed by atoms with E-state index in [0.717, 1.165) is 23.3 Å². The van der Waals surface area contributed by atoms with Crippen molar-refractivity contribution in [3.05, 3.63) is 41.6 Å². The second-order valence-corrected chi connectivity index (χ2v) is 3.34. The Morgan fingerprint density at radius 2 is 2.33 bits per heavy atom. The van der Waals surface area contributed by atoms with E-state index in [1.807, 2.05) is 24.3 Å². The molecular weight excluding hydrogens is 190 g/mol. The summed E-state index contributed by atoms with van der Waals surface area (Å²) in [5, 5.41) is 6.59. The number of nitrogens with zero attached hydrogens (tertiary/aromatic N) is 1. The van der Waals surface area contributed by atoms with Crippen molar-refractivity contribution in [3.63, 3.8) is 0 Å². The van der Waals surface area contributed by atoms with Crippen molar-refractivity contribution in [3.8, 4) is 5.75 Å². The first kappa shape index (κ1) is 9.58. The number of nitrogens with two attached hydrogens (primary N) is 1. The number of rotatable bonds is 3. The van der Waals surface area contributed by atoms with Gasteiger partial charge in [-0.15, -0.1) is 0 Å². The van der Waals surface area contributed by atoms with Crippen LogP contribution in [-0.4, -0.2) is 17.3 Å². The lowest BCUT2D eigenvalue weighted by molar-refractivity contribution is 0.414. The number of aromatic nitrogens is 2. The van der Waals surface area contributed by atoms with Gasteiger partial charge < -0.3 is 10.5 Å². The van der Waals surface area contributed by atoms with E-state index < -0.39 is 0 Å². The SMILES string of the molecule is COc1cccc(Cc2cn[nH]c2N)c1. The molecule has 0 aliphatic rings. The summed E-state index contributed by atoms with van der Waals surface area (Å²) in [5.74, 6) is 1.48. The number of benzene rings is 1. The van der Waals surface area contributed by atoms with E-state index in [1.165, 1.54) is 0 Å². The number of ether oxygens (including phenoxy) is 1. The average Bonchev–Trinajstić information content (AvgIpc) is 2.65. The second-order valence-electron chi connectivity index (χ2n) is 3.34. The molecule has 1 heterocycles. The van der Waals surface area contributed by atoms with E-state index in [9.17, 15) is 0 Å². The van der Waals surface area contributed by atoms with Crippen LogP contribution >= 0.6 is 0 Å². The lowest BCUT2D eigenvalue weighted by Crippen LogP contribution is -1.93. The van der Waals surface area contributed by atoms with Gasteiger partial charge in [-0.05, 0) is 17.7 Å². The standard InChI is InChI=1S/C11H13N3O/c1-15-10-4-2-3-8(6-10)5-9-7-13-14-11(9)12/h2-4,6-7H,5H2,1H3,(H3,12,13,14). The molecule has 0 unspecified atom stereocenters. The number of hydrogen-bond acceptors (Lipinski definition) is 3. The Bertz CT molecular complexity index is 451. The third-order valence-corrected chi connectivity index (χ3v) is 2.28. The molecule has 78 valence electrons. The Morgan fingerprint density at radius 1 is 1.47 bits per heavy atom. The van der Waals surface area contributed by atoms with Crippen LogP contribution in [0.15, 0.2) is 30.5 Å². The van der Waals surface area contributed by atoms with Crippen LogP contribution in [0.5, 0.6) is 5.75 Å². The van der Waals surface area contributed by atoms with Crippen molar-refractivity contribution in [1.29, 1.82) is 0 Å². The summed E-state index contributed by atoms with van der Waals surface area (Å²) in [5.41, 5.74) is 7.87. The summed E-state index contributed by atoms with van der Waals surface area (Å²) < 4.78 is 5.15. The third-order valence-electron chi connectivity index (χ3n) is 2.28. The second kappa shape index (κ2) is 4.04. The topological polar surface area (TPSA) is 63.9 Å². The molecule has 0 fully saturated rings. The Balaban J connectivity index is 2.21. The minimum atomic E-state index is 0.623. The molecule has 0 bridgehead atoms. The highest BCUT2D eigenvalue weighted by molar-refractivity contribution is 5.41. The van der Waals surface area contributed by atoms with Crippen molar-refractivity contribution in [2.75, 3.05) is 12.8 Å². The first-order valence-corrected chi connectivity index (χ1v) is 4.70. The van der Waals surface area contributed by atoms with Crippen LogP contribution in [0.2, 0.25) is 0 Å².